The fraction of sp³-hybridized carbons (Fsp3) is 0.429. The first-order valence-electron chi connectivity index (χ1n) is 9.26. The number of methoxy groups -OCH3 is 1. The fourth-order valence-electron chi connectivity index (χ4n) is 3.57. The second kappa shape index (κ2) is 9.36. The third-order valence-electron chi connectivity index (χ3n) is 4.99. The zero-order chi connectivity index (χ0) is 19.1. The van der Waals surface area contributed by atoms with Crippen LogP contribution in [0.5, 0.6) is 0 Å². The molecule has 1 aliphatic heterocycles. The molecular weight excluding hydrogens is 342 g/mol. The van der Waals surface area contributed by atoms with E-state index in [0.717, 1.165) is 38.0 Å². The van der Waals surface area contributed by atoms with E-state index in [1.165, 1.54) is 6.26 Å². The van der Waals surface area contributed by atoms with Gasteiger partial charge in [-0.05, 0) is 42.7 Å². The van der Waals surface area contributed by atoms with Crippen LogP contribution in [-0.4, -0.2) is 55.1 Å². The van der Waals surface area contributed by atoms with Gasteiger partial charge < -0.3 is 14.1 Å². The minimum atomic E-state index is -0.0720. The Morgan fingerprint density at radius 3 is 2.81 bits per heavy atom. The zero-order valence-electron chi connectivity index (χ0n) is 15.6. The lowest BCUT2D eigenvalue weighted by Gasteiger charge is -2.38. The average Bonchev–Trinajstić information content (AvgIpc) is 3.24. The van der Waals surface area contributed by atoms with Gasteiger partial charge in [-0.3, -0.25) is 9.69 Å². The molecule has 0 atom stereocenters. The molecule has 3 rings (SSSR count). The number of nitriles is 1. The third kappa shape index (κ3) is 4.97. The molecule has 6 nitrogen and oxygen atoms in total. The van der Waals surface area contributed by atoms with E-state index in [1.807, 2.05) is 23.1 Å². The van der Waals surface area contributed by atoms with Crippen LogP contribution in [-0.2, 0) is 11.3 Å². The molecule has 0 spiro atoms. The summed E-state index contributed by atoms with van der Waals surface area (Å²) in [5, 5.41) is 9.05. The number of rotatable bonds is 7. The second-order valence-electron chi connectivity index (χ2n) is 6.79. The molecule has 0 aliphatic carbocycles. The Hall–Kier alpha value is -2.62. The lowest BCUT2D eigenvalue weighted by atomic mass is 10.0. The maximum Gasteiger partial charge on any atom is 0.289 e. The number of nitrogens with zero attached hydrogens (tertiary/aromatic N) is 3. The van der Waals surface area contributed by atoms with Crippen LogP contribution in [0.15, 0.2) is 47.1 Å². The molecule has 1 aromatic heterocycles. The molecule has 2 heterocycles. The molecule has 0 unspecified atom stereocenters. The quantitative estimate of drug-likeness (QED) is 0.753. The zero-order valence-corrected chi connectivity index (χ0v) is 15.6. The van der Waals surface area contributed by atoms with Crippen molar-refractivity contribution in [3.8, 4) is 6.07 Å². The van der Waals surface area contributed by atoms with Crippen LogP contribution in [0.2, 0.25) is 0 Å². The van der Waals surface area contributed by atoms with Gasteiger partial charge in [0.15, 0.2) is 5.76 Å². The van der Waals surface area contributed by atoms with Gasteiger partial charge >= 0.3 is 0 Å². The highest BCUT2D eigenvalue weighted by Crippen LogP contribution is 2.21. The summed E-state index contributed by atoms with van der Waals surface area (Å²) in [6, 6.07) is 13.6. The van der Waals surface area contributed by atoms with Gasteiger partial charge in [0, 0.05) is 39.3 Å². The first-order valence-corrected chi connectivity index (χ1v) is 9.26. The van der Waals surface area contributed by atoms with Gasteiger partial charge in [0.05, 0.1) is 24.5 Å². The van der Waals surface area contributed by atoms with Gasteiger partial charge in [-0.15, -0.1) is 0 Å². The van der Waals surface area contributed by atoms with Gasteiger partial charge in [-0.2, -0.15) is 5.26 Å². The predicted molar refractivity (Wildman–Crippen MR) is 101 cm³/mol. The van der Waals surface area contributed by atoms with Gasteiger partial charge in [-0.25, -0.2) is 0 Å². The summed E-state index contributed by atoms with van der Waals surface area (Å²) in [6.45, 7) is 3.72. The normalized spacial score (nSPS) is 15.4. The van der Waals surface area contributed by atoms with E-state index in [1.54, 1.807) is 19.2 Å². The Balaban J connectivity index is 1.59. The molecule has 142 valence electrons. The first-order chi connectivity index (χ1) is 13.2. The molecule has 1 aliphatic rings. The Labute approximate surface area is 159 Å². The summed E-state index contributed by atoms with van der Waals surface area (Å²) in [4.78, 5) is 17.0. The molecule has 6 heteroatoms. The maximum atomic E-state index is 12.8. The van der Waals surface area contributed by atoms with Crippen LogP contribution in [0, 0.1) is 11.3 Å². The molecule has 27 heavy (non-hydrogen) atoms. The van der Waals surface area contributed by atoms with Crippen molar-refractivity contribution in [1.82, 2.24) is 9.80 Å². The Bertz CT molecular complexity index is 774. The van der Waals surface area contributed by atoms with Crippen LogP contribution >= 0.6 is 0 Å². The van der Waals surface area contributed by atoms with Crippen molar-refractivity contribution in [2.75, 3.05) is 33.4 Å². The number of hydrogen-bond acceptors (Lipinski definition) is 5. The van der Waals surface area contributed by atoms with Crippen molar-refractivity contribution in [2.24, 2.45) is 0 Å². The summed E-state index contributed by atoms with van der Waals surface area (Å²) in [5.41, 5.74) is 1.84. The number of benzene rings is 1. The van der Waals surface area contributed by atoms with Gasteiger partial charge in [-0.1, -0.05) is 12.1 Å². The highest BCUT2D eigenvalue weighted by atomic mass is 16.5. The predicted octanol–water partition coefficient (Wildman–Crippen LogP) is 2.90. The Morgan fingerprint density at radius 2 is 2.15 bits per heavy atom. The van der Waals surface area contributed by atoms with E-state index in [-0.39, 0.29) is 11.9 Å². The minimum Gasteiger partial charge on any atom is -0.459 e. The number of piperidine rings is 1. The maximum absolute atomic E-state index is 12.8. The molecule has 2 aromatic rings. The average molecular weight is 367 g/mol. The van der Waals surface area contributed by atoms with E-state index < -0.39 is 0 Å². The van der Waals surface area contributed by atoms with E-state index in [0.29, 0.717) is 24.5 Å². The number of hydrogen-bond donors (Lipinski definition) is 0. The van der Waals surface area contributed by atoms with Crippen molar-refractivity contribution in [3.05, 3.63) is 59.5 Å². The number of carbonyl (C=O) groups is 1. The first kappa shape index (κ1) is 19.2. The topological polar surface area (TPSA) is 69.7 Å². The van der Waals surface area contributed by atoms with Crippen LogP contribution in [0.4, 0.5) is 0 Å². The van der Waals surface area contributed by atoms with E-state index >= 15 is 0 Å². The highest BCUT2D eigenvalue weighted by molar-refractivity contribution is 5.91. The Morgan fingerprint density at radius 1 is 1.33 bits per heavy atom. The molecule has 1 saturated heterocycles. The van der Waals surface area contributed by atoms with Crippen molar-refractivity contribution in [1.29, 1.82) is 5.26 Å². The molecule has 1 amide bonds. The van der Waals surface area contributed by atoms with Gasteiger partial charge in [0.1, 0.15) is 0 Å². The molecular formula is C21H25N3O3. The lowest BCUT2D eigenvalue weighted by Crippen LogP contribution is -2.48. The molecule has 1 fully saturated rings. The summed E-state index contributed by atoms with van der Waals surface area (Å²) in [5.74, 6) is 0.305. The van der Waals surface area contributed by atoms with Crippen LogP contribution < -0.4 is 0 Å². The number of amides is 1. The summed E-state index contributed by atoms with van der Waals surface area (Å²) in [6.07, 6.45) is 3.35. The minimum absolute atomic E-state index is 0.0720. The van der Waals surface area contributed by atoms with Gasteiger partial charge in [0.2, 0.25) is 0 Å². The van der Waals surface area contributed by atoms with Crippen LogP contribution in [0.3, 0.4) is 0 Å². The Kier molecular flexibility index (Phi) is 6.64. The smallest absolute Gasteiger partial charge is 0.289 e. The van der Waals surface area contributed by atoms with E-state index in [2.05, 4.69) is 17.0 Å². The van der Waals surface area contributed by atoms with Crippen molar-refractivity contribution in [3.63, 3.8) is 0 Å². The molecule has 0 bridgehead atoms. The second-order valence-corrected chi connectivity index (χ2v) is 6.79. The lowest BCUT2D eigenvalue weighted by molar-refractivity contribution is 0.0450. The molecule has 1 aromatic carbocycles. The number of carbonyl (C=O) groups excluding carboxylic acids is 1. The van der Waals surface area contributed by atoms with Crippen LogP contribution in [0.1, 0.15) is 34.5 Å². The van der Waals surface area contributed by atoms with Gasteiger partial charge in [0.25, 0.3) is 5.91 Å². The third-order valence-corrected chi connectivity index (χ3v) is 4.99. The van der Waals surface area contributed by atoms with Crippen molar-refractivity contribution < 1.29 is 13.9 Å². The largest absolute Gasteiger partial charge is 0.459 e. The molecule has 0 radical (unpaired) electrons. The number of ether oxygens (including phenoxy) is 1. The molecule has 0 N–H and O–H groups in total. The number of furan rings is 1. The monoisotopic (exact) mass is 367 g/mol. The summed E-state index contributed by atoms with van der Waals surface area (Å²) < 4.78 is 10.5. The number of likely N-dealkylation sites (tertiary alicyclic amines) is 1. The highest BCUT2D eigenvalue weighted by Gasteiger charge is 2.29. The van der Waals surface area contributed by atoms with E-state index in [9.17, 15) is 4.79 Å². The SMILES string of the molecule is COCCN(C(=O)c1ccco1)C1CCN(Cc2cccc(C#N)c2)CC1. The fourth-order valence-corrected chi connectivity index (χ4v) is 3.57. The van der Waals surface area contributed by atoms with Crippen molar-refractivity contribution >= 4 is 5.91 Å². The van der Waals surface area contributed by atoms with E-state index in [4.69, 9.17) is 14.4 Å². The standard InChI is InChI=1S/C21H25N3O3/c1-26-13-11-24(21(25)20-6-3-12-27-20)19-7-9-23(10-8-19)16-18-5-2-4-17(14-18)15-22/h2-6,12,14,19H,7-11,13,16H2,1H3. The van der Waals surface area contributed by atoms with Crippen LogP contribution in [0.25, 0.3) is 0 Å². The summed E-state index contributed by atoms with van der Waals surface area (Å²) >= 11 is 0. The molecule has 0 saturated carbocycles. The van der Waals surface area contributed by atoms with Crippen molar-refractivity contribution in [2.45, 2.75) is 25.4 Å². The summed E-state index contributed by atoms with van der Waals surface area (Å²) in [7, 11) is 1.65.